The zero-order valence-electron chi connectivity index (χ0n) is 18.8. The van der Waals surface area contributed by atoms with Gasteiger partial charge in [-0.25, -0.2) is 4.98 Å². The normalized spacial score (nSPS) is 12.2. The maximum atomic E-state index is 13.2. The van der Waals surface area contributed by atoms with Crippen molar-refractivity contribution >= 4 is 17.2 Å². The summed E-state index contributed by atoms with van der Waals surface area (Å²) in [6.45, 7) is 10.0. The lowest BCUT2D eigenvalue weighted by atomic mass is 10.00. The molecule has 0 fully saturated rings. The van der Waals surface area contributed by atoms with Crippen LogP contribution in [0.1, 0.15) is 65.2 Å². The van der Waals surface area contributed by atoms with E-state index in [0.717, 1.165) is 33.3 Å². The molecule has 0 aliphatic carbocycles. The fraction of sp³-hybridized carbons (Fsp3) is 0.292. The van der Waals surface area contributed by atoms with Crippen LogP contribution in [0.15, 0.2) is 47.8 Å². The van der Waals surface area contributed by atoms with E-state index in [2.05, 4.69) is 57.0 Å². The molecule has 4 aromatic rings. The molecule has 164 valence electrons. The van der Waals surface area contributed by atoms with Crippen molar-refractivity contribution in [1.82, 2.24) is 30.5 Å². The topological polar surface area (TPSA) is 85.6 Å². The van der Waals surface area contributed by atoms with Crippen molar-refractivity contribution in [2.24, 2.45) is 0 Å². The molecule has 1 unspecified atom stereocenters. The highest BCUT2D eigenvalue weighted by Gasteiger charge is 2.18. The van der Waals surface area contributed by atoms with Crippen LogP contribution in [0.3, 0.4) is 0 Å². The first-order chi connectivity index (χ1) is 15.3. The van der Waals surface area contributed by atoms with Gasteiger partial charge in [0, 0.05) is 16.9 Å². The molecule has 2 heterocycles. The summed E-state index contributed by atoms with van der Waals surface area (Å²) in [6, 6.07) is 13.8. The lowest BCUT2D eigenvalue weighted by molar-refractivity contribution is 0.0939. The van der Waals surface area contributed by atoms with Crippen molar-refractivity contribution in [3.63, 3.8) is 0 Å². The van der Waals surface area contributed by atoms with Gasteiger partial charge in [-0.05, 0) is 60.5 Å². The average Bonchev–Trinajstić information content (AvgIpc) is 3.43. The molecule has 0 aliphatic heterocycles. The Morgan fingerprint density at radius 3 is 2.44 bits per heavy atom. The van der Waals surface area contributed by atoms with Gasteiger partial charge in [-0.1, -0.05) is 43.7 Å². The second-order valence-electron chi connectivity index (χ2n) is 8.22. The number of rotatable bonds is 6. The molecule has 0 bridgehead atoms. The smallest absolute Gasteiger partial charge is 0.251 e. The number of carbonyl (C=O) groups is 1. The zero-order chi connectivity index (χ0) is 22.8. The number of aromatic nitrogens is 5. The summed E-state index contributed by atoms with van der Waals surface area (Å²) in [6.07, 6.45) is 0. The van der Waals surface area contributed by atoms with Crippen LogP contribution in [0.2, 0.25) is 0 Å². The maximum absolute atomic E-state index is 13.2. The number of nitrogens with one attached hydrogen (secondary N) is 1. The van der Waals surface area contributed by atoms with Crippen LogP contribution < -0.4 is 5.32 Å². The average molecular weight is 447 g/mol. The molecule has 0 saturated carbocycles. The van der Waals surface area contributed by atoms with E-state index in [1.807, 2.05) is 51.3 Å². The minimum absolute atomic E-state index is 0.137. The quantitative estimate of drug-likeness (QED) is 0.450. The largest absolute Gasteiger partial charge is 0.344 e. The second-order valence-corrected chi connectivity index (χ2v) is 9.29. The van der Waals surface area contributed by atoms with Crippen LogP contribution in [-0.4, -0.2) is 31.1 Å². The summed E-state index contributed by atoms with van der Waals surface area (Å²) in [7, 11) is 0. The Hall–Kier alpha value is -3.39. The standard InChI is InChI=1S/C24H26N6OS/c1-14(2)23-27-28-29-30(23)21-11-19(18-8-6-15(3)7-9-18)10-20(12-21)24(31)25-16(4)22-13-32-17(5)26-22/h6-14,16H,1-5H3,(H,25,31). The number of benzene rings is 2. The highest BCUT2D eigenvalue weighted by molar-refractivity contribution is 7.09. The third-order valence-corrected chi connectivity index (χ3v) is 6.04. The van der Waals surface area contributed by atoms with Crippen molar-refractivity contribution in [2.75, 3.05) is 0 Å². The molecule has 0 radical (unpaired) electrons. The second kappa shape index (κ2) is 9.00. The summed E-state index contributed by atoms with van der Waals surface area (Å²) in [5, 5.41) is 18.2. The molecule has 2 aromatic carbocycles. The van der Waals surface area contributed by atoms with Crippen LogP contribution in [0.5, 0.6) is 0 Å². The van der Waals surface area contributed by atoms with Crippen LogP contribution in [0, 0.1) is 13.8 Å². The molecule has 32 heavy (non-hydrogen) atoms. The number of nitrogens with zero attached hydrogens (tertiary/aromatic N) is 5. The van der Waals surface area contributed by atoms with Crippen molar-refractivity contribution in [3.05, 3.63) is 75.5 Å². The molecule has 8 heteroatoms. The number of hydrogen-bond donors (Lipinski definition) is 1. The molecule has 1 amide bonds. The summed E-state index contributed by atoms with van der Waals surface area (Å²) >= 11 is 1.57. The summed E-state index contributed by atoms with van der Waals surface area (Å²) < 4.78 is 1.70. The van der Waals surface area contributed by atoms with Gasteiger partial charge in [0.05, 0.1) is 22.4 Å². The van der Waals surface area contributed by atoms with E-state index in [1.165, 1.54) is 5.56 Å². The number of amides is 1. The van der Waals surface area contributed by atoms with Crippen LogP contribution in [0.25, 0.3) is 16.8 Å². The van der Waals surface area contributed by atoms with E-state index in [1.54, 1.807) is 16.0 Å². The van der Waals surface area contributed by atoms with Crippen molar-refractivity contribution in [3.8, 4) is 16.8 Å². The highest BCUT2D eigenvalue weighted by Crippen LogP contribution is 2.26. The van der Waals surface area contributed by atoms with Gasteiger partial charge in [-0.2, -0.15) is 4.68 Å². The Labute approximate surface area is 191 Å². The monoisotopic (exact) mass is 446 g/mol. The fourth-order valence-electron chi connectivity index (χ4n) is 3.45. The molecule has 0 saturated heterocycles. The SMILES string of the molecule is Cc1ccc(-c2cc(C(=O)NC(C)c3csc(C)n3)cc(-n3nnnc3C(C)C)c2)cc1. The maximum Gasteiger partial charge on any atom is 0.251 e. The van der Waals surface area contributed by atoms with E-state index in [4.69, 9.17) is 0 Å². The Balaban J connectivity index is 1.75. The lowest BCUT2D eigenvalue weighted by Gasteiger charge is -2.15. The van der Waals surface area contributed by atoms with Gasteiger partial charge in [0.25, 0.3) is 5.91 Å². The predicted octanol–water partition coefficient (Wildman–Crippen LogP) is 5.02. The molecule has 7 nitrogen and oxygen atoms in total. The third kappa shape index (κ3) is 4.60. The molecular formula is C24H26N6OS. The molecule has 0 spiro atoms. The van der Waals surface area contributed by atoms with Gasteiger partial charge < -0.3 is 5.32 Å². The van der Waals surface area contributed by atoms with E-state index < -0.39 is 0 Å². The van der Waals surface area contributed by atoms with E-state index >= 15 is 0 Å². The number of hydrogen-bond acceptors (Lipinski definition) is 6. The summed E-state index contributed by atoms with van der Waals surface area (Å²) in [5.41, 5.74) is 5.28. The Bertz CT molecular complexity index is 1240. The molecule has 0 aliphatic rings. The van der Waals surface area contributed by atoms with Crippen LogP contribution in [-0.2, 0) is 0 Å². The van der Waals surface area contributed by atoms with E-state index in [9.17, 15) is 4.79 Å². The van der Waals surface area contributed by atoms with Gasteiger partial charge in [-0.15, -0.1) is 16.4 Å². The van der Waals surface area contributed by atoms with E-state index in [0.29, 0.717) is 5.56 Å². The Morgan fingerprint density at radius 1 is 1.03 bits per heavy atom. The Kier molecular flexibility index (Phi) is 6.14. The van der Waals surface area contributed by atoms with Gasteiger partial charge in [-0.3, -0.25) is 4.79 Å². The molecule has 1 atom stereocenters. The van der Waals surface area contributed by atoms with Crippen LogP contribution in [0.4, 0.5) is 0 Å². The van der Waals surface area contributed by atoms with Gasteiger partial charge in [0.15, 0.2) is 5.82 Å². The zero-order valence-corrected chi connectivity index (χ0v) is 19.6. The molecule has 1 N–H and O–H groups in total. The number of thiazole rings is 1. The third-order valence-electron chi connectivity index (χ3n) is 5.25. The molecular weight excluding hydrogens is 420 g/mol. The molecule has 4 rings (SSSR count). The van der Waals surface area contributed by atoms with Crippen molar-refractivity contribution < 1.29 is 4.79 Å². The Morgan fingerprint density at radius 2 is 1.78 bits per heavy atom. The number of tetrazole rings is 1. The van der Waals surface area contributed by atoms with Crippen molar-refractivity contribution in [1.29, 1.82) is 0 Å². The van der Waals surface area contributed by atoms with Crippen molar-refractivity contribution in [2.45, 2.75) is 46.6 Å². The highest BCUT2D eigenvalue weighted by atomic mass is 32.1. The number of aryl methyl sites for hydroxylation is 2. The fourth-order valence-corrected chi connectivity index (χ4v) is 4.15. The van der Waals surface area contributed by atoms with Crippen LogP contribution >= 0.6 is 11.3 Å². The van der Waals surface area contributed by atoms with Gasteiger partial charge in [0.1, 0.15) is 0 Å². The first-order valence-electron chi connectivity index (χ1n) is 10.6. The summed E-state index contributed by atoms with van der Waals surface area (Å²) in [5.74, 6) is 0.708. The lowest BCUT2D eigenvalue weighted by Crippen LogP contribution is -2.27. The minimum atomic E-state index is -0.196. The van der Waals surface area contributed by atoms with E-state index in [-0.39, 0.29) is 17.9 Å². The predicted molar refractivity (Wildman–Crippen MR) is 126 cm³/mol. The number of carbonyl (C=O) groups excluding carboxylic acids is 1. The molecule has 2 aromatic heterocycles. The summed E-state index contributed by atoms with van der Waals surface area (Å²) in [4.78, 5) is 17.7. The minimum Gasteiger partial charge on any atom is -0.344 e. The first kappa shape index (κ1) is 21.8. The van der Waals surface area contributed by atoms with Gasteiger partial charge in [0.2, 0.25) is 0 Å². The first-order valence-corrected chi connectivity index (χ1v) is 11.4. The van der Waals surface area contributed by atoms with Gasteiger partial charge >= 0.3 is 0 Å².